The Hall–Kier alpha value is -10.0. The van der Waals surface area contributed by atoms with Gasteiger partial charge < -0.3 is 91.3 Å². The second-order valence-corrected chi connectivity index (χ2v) is 16.9. The van der Waals surface area contributed by atoms with Gasteiger partial charge in [0.1, 0.15) is 11.8 Å². The van der Waals surface area contributed by atoms with Crippen molar-refractivity contribution < 1.29 is 38.6 Å². The number of amides is 6. The number of guanidine groups is 4. The summed E-state index contributed by atoms with van der Waals surface area (Å²) in [5, 5.41) is 63.3. The molecule has 0 aliphatic heterocycles. The molecule has 0 aliphatic rings. The molecule has 0 radical (unpaired) electrons. The molecular formula is C46H53Cl2N21O8. The van der Waals surface area contributed by atoms with E-state index in [-0.39, 0.29) is 18.1 Å². The normalized spacial score (nSPS) is 12.9. The Morgan fingerprint density at radius 2 is 0.948 bits per heavy atom. The molecule has 6 amide bonds. The van der Waals surface area contributed by atoms with Gasteiger partial charge in [0.05, 0.1) is 18.5 Å². The summed E-state index contributed by atoms with van der Waals surface area (Å²) in [7, 11) is 1.48. The number of ether oxygens (including phenoxy) is 1. The van der Waals surface area contributed by atoms with Crippen LogP contribution in [0.4, 0.5) is 5.95 Å². The second kappa shape index (κ2) is 26.8. The lowest BCUT2D eigenvalue weighted by molar-refractivity contribution is -0.136. The Bertz CT molecular complexity index is 2930. The number of hydrogen-bond acceptors (Lipinski definition) is 15. The van der Waals surface area contributed by atoms with Crippen molar-refractivity contribution in [1.29, 1.82) is 21.6 Å². The van der Waals surface area contributed by atoms with E-state index in [0.29, 0.717) is 43.9 Å². The van der Waals surface area contributed by atoms with Crippen molar-refractivity contribution >= 4 is 88.4 Å². The number of rotatable bonds is 23. The van der Waals surface area contributed by atoms with Crippen LogP contribution >= 0.6 is 23.2 Å². The smallest absolute Gasteiger partial charge is 0.271 e. The zero-order valence-electron chi connectivity index (χ0n) is 40.4. The molecule has 1 heterocycles. The van der Waals surface area contributed by atoms with Gasteiger partial charge in [-0.3, -0.25) is 50.4 Å². The third-order valence-corrected chi connectivity index (χ3v) is 10.9. The Balaban J connectivity index is 1.48. The highest BCUT2D eigenvalue weighted by molar-refractivity contribution is 6.31. The number of carbonyl (C=O) groups excluding carboxylic acids is 6. The summed E-state index contributed by atoms with van der Waals surface area (Å²) in [4.78, 5) is 92.5. The van der Waals surface area contributed by atoms with Gasteiger partial charge in [0.15, 0.2) is 48.5 Å². The van der Waals surface area contributed by atoms with Crippen LogP contribution in [0.3, 0.4) is 0 Å². The van der Waals surface area contributed by atoms with E-state index in [0.717, 1.165) is 0 Å². The number of benzene rings is 4. The number of anilines is 1. The topological polar surface area (TPSA) is 495 Å². The molecule has 24 N–H and O–H groups in total. The molecule has 5 aromatic rings. The molecule has 4 aromatic carbocycles. The number of aliphatic hydroxyl groups is 1. The van der Waals surface area contributed by atoms with Crippen molar-refractivity contribution in [3.8, 4) is 28.3 Å². The van der Waals surface area contributed by atoms with Crippen LogP contribution in [0.1, 0.15) is 17.2 Å². The number of methoxy groups -OCH3 is 1. The zero-order chi connectivity index (χ0) is 56.5. The molecule has 5 rings (SSSR count). The van der Waals surface area contributed by atoms with E-state index in [1.807, 2.05) is 5.32 Å². The zero-order valence-corrected chi connectivity index (χ0v) is 41.9. The lowest BCUT2D eigenvalue weighted by Crippen LogP contribution is -2.68. The van der Waals surface area contributed by atoms with E-state index in [1.54, 1.807) is 84.9 Å². The first kappa shape index (κ1) is 57.9. The maximum atomic E-state index is 14.6. The van der Waals surface area contributed by atoms with E-state index in [2.05, 4.69) is 42.5 Å². The van der Waals surface area contributed by atoms with E-state index >= 15 is 0 Å². The number of hydrogen-bond donors (Lipinski definition) is 19. The lowest BCUT2D eigenvalue weighted by atomic mass is 10.1. The van der Waals surface area contributed by atoms with Crippen molar-refractivity contribution in [3.63, 3.8) is 0 Å². The van der Waals surface area contributed by atoms with Gasteiger partial charge in [0.25, 0.3) is 29.5 Å². The summed E-state index contributed by atoms with van der Waals surface area (Å²) < 4.78 is 5.33. The molecule has 0 saturated carbocycles. The molecule has 31 heteroatoms. The molecule has 29 nitrogen and oxygen atoms in total. The van der Waals surface area contributed by atoms with Gasteiger partial charge in [-0.1, -0.05) is 89.9 Å². The summed E-state index contributed by atoms with van der Waals surface area (Å²) in [6.07, 6.45) is -10.2. The number of carbonyl (C=O) groups is 6. The first-order valence-corrected chi connectivity index (χ1v) is 23.0. The fraction of sp³-hybridized carbons (Fsp3) is 0.174. The minimum atomic E-state index is -2.17. The van der Waals surface area contributed by atoms with Gasteiger partial charge in [-0.05, 0) is 53.6 Å². The molecule has 0 bridgehead atoms. The van der Waals surface area contributed by atoms with Crippen molar-refractivity contribution in [2.75, 3.05) is 12.0 Å². The van der Waals surface area contributed by atoms with Gasteiger partial charge in [0.2, 0.25) is 18.1 Å². The third kappa shape index (κ3) is 17.0. The average molecular weight is 1100 g/mol. The van der Waals surface area contributed by atoms with Crippen LogP contribution in [0.15, 0.2) is 109 Å². The van der Waals surface area contributed by atoms with Crippen molar-refractivity contribution in [1.82, 2.24) is 57.8 Å². The number of primary amides is 1. The Morgan fingerprint density at radius 3 is 1.35 bits per heavy atom. The molecule has 1 aromatic heterocycles. The Labute approximate surface area is 447 Å². The van der Waals surface area contributed by atoms with Crippen molar-refractivity contribution in [2.45, 2.75) is 43.5 Å². The predicted molar refractivity (Wildman–Crippen MR) is 283 cm³/mol. The molecule has 0 aliphatic carbocycles. The van der Waals surface area contributed by atoms with Crippen LogP contribution < -0.4 is 86.2 Å². The van der Waals surface area contributed by atoms with E-state index in [9.17, 15) is 33.9 Å². The molecule has 77 heavy (non-hydrogen) atoms. The highest BCUT2D eigenvalue weighted by Crippen LogP contribution is 2.30. The van der Waals surface area contributed by atoms with Gasteiger partial charge in [0, 0.05) is 27.7 Å². The fourth-order valence-electron chi connectivity index (χ4n) is 6.80. The largest absolute Gasteiger partial charge is 0.497 e. The first-order chi connectivity index (χ1) is 36.5. The van der Waals surface area contributed by atoms with E-state index in [4.69, 9.17) is 88.2 Å². The van der Waals surface area contributed by atoms with Crippen LogP contribution in [-0.2, 0) is 35.3 Å². The van der Waals surface area contributed by atoms with Crippen LogP contribution in [0.25, 0.3) is 22.5 Å². The monoisotopic (exact) mass is 1100 g/mol. The first-order valence-electron chi connectivity index (χ1n) is 22.3. The summed E-state index contributed by atoms with van der Waals surface area (Å²) in [6, 6.07) is 27.7. The fourth-order valence-corrected chi connectivity index (χ4v) is 7.05. The lowest BCUT2D eigenvalue weighted by Gasteiger charge is -2.30. The van der Waals surface area contributed by atoms with Gasteiger partial charge in [-0.15, -0.1) is 0 Å². The molecule has 0 saturated heterocycles. The average Bonchev–Trinajstić information content (AvgIpc) is 3.38. The third-order valence-electron chi connectivity index (χ3n) is 10.4. The Morgan fingerprint density at radius 1 is 0.545 bits per heavy atom. The van der Waals surface area contributed by atoms with Crippen LogP contribution in [0.2, 0.25) is 10.0 Å². The molecule has 0 fully saturated rings. The number of aliphatic hydroxyl groups excluding tert-OH is 1. The second-order valence-electron chi connectivity index (χ2n) is 16.1. The van der Waals surface area contributed by atoms with Crippen molar-refractivity contribution in [3.05, 3.63) is 130 Å². The SMILES string of the molecule is COc1ccc(CN(c2nc(-c3ccc(Cl)cc3)cc(-c3ccc(Cl)cc3)n2)C(O)C(=O)NC(C(=O)NC(NC(=N)N)C(=O)NC(NC(=N)N)C(=O)NC(NC(=N)N)C(=O)NC(NC(=N)N)C(N)=O)c2ccccc2)cc1. The summed E-state index contributed by atoms with van der Waals surface area (Å²) in [5.41, 5.74) is 29.6. The quantitative estimate of drug-likeness (QED) is 0.0183. The van der Waals surface area contributed by atoms with Gasteiger partial charge >= 0.3 is 0 Å². The van der Waals surface area contributed by atoms with Crippen LogP contribution in [0, 0.1) is 21.6 Å². The van der Waals surface area contributed by atoms with E-state index in [1.165, 1.54) is 36.3 Å². The standard InChI is InChI=1S/C46H53Cl2N21O8/c1-77-27-17-7-21(8-18-27)20-69(46-58-28(22-9-13-25(47)14-10-22)19-29(59-46)23-11-15-26(48)16-12-23)41(76)40(75)60-30(24-5-3-2-4-6-24)36(71)62-33(66-43(52)53)38(73)64-35(68-45(56)57)39(74)63-34(67-44(54)55)37(72)61-32(31(49)70)65-42(50)51/h2-19,30,32-35,41,76H,20H2,1H3,(H2,49,70)(H,60,75)(H,61,72)(H,62,71)(H,63,74)(H,64,73)(H4,50,51,65)(H4,52,53,66)(H4,54,55,67)(H4,56,57,68). The number of nitrogens with two attached hydrogens (primary N) is 5. The molecular weight excluding hydrogens is 1050 g/mol. The van der Waals surface area contributed by atoms with Crippen LogP contribution in [-0.4, -0.2) is 112 Å². The Kier molecular flexibility index (Phi) is 20.2. The highest BCUT2D eigenvalue weighted by Gasteiger charge is 2.36. The molecule has 6 atom stereocenters. The van der Waals surface area contributed by atoms with Gasteiger partial charge in [-0.2, -0.15) is 0 Å². The summed E-state index contributed by atoms with van der Waals surface area (Å²) in [5.74, 6) is -10.8. The van der Waals surface area contributed by atoms with Crippen LogP contribution in [0.5, 0.6) is 5.75 Å². The maximum absolute atomic E-state index is 14.6. The van der Waals surface area contributed by atoms with Crippen molar-refractivity contribution in [2.24, 2.45) is 28.7 Å². The minimum Gasteiger partial charge on any atom is -0.497 e. The van der Waals surface area contributed by atoms with E-state index < -0.39 is 96.2 Å². The molecule has 6 unspecified atom stereocenters. The number of nitrogens with one attached hydrogen (secondary N) is 13. The number of halogens is 2. The summed E-state index contributed by atoms with van der Waals surface area (Å²) >= 11 is 12.4. The highest BCUT2D eigenvalue weighted by atomic mass is 35.5. The summed E-state index contributed by atoms with van der Waals surface area (Å²) in [6.45, 7) is -0.208. The van der Waals surface area contributed by atoms with Gasteiger partial charge in [-0.25, -0.2) is 9.97 Å². The molecule has 0 spiro atoms. The molecule has 404 valence electrons. The number of nitrogens with zero attached hydrogens (tertiary/aromatic N) is 3. The minimum absolute atomic E-state index is 0.107. The maximum Gasteiger partial charge on any atom is 0.271 e. The predicted octanol–water partition coefficient (Wildman–Crippen LogP) is -2.50. The number of aromatic nitrogens is 2.